The molecule has 1 aromatic carbocycles. The van der Waals surface area contributed by atoms with E-state index < -0.39 is 6.10 Å². The van der Waals surface area contributed by atoms with Crippen molar-refractivity contribution in [3.05, 3.63) is 47.0 Å². The van der Waals surface area contributed by atoms with E-state index in [9.17, 15) is 5.11 Å². The van der Waals surface area contributed by atoms with Gasteiger partial charge in [0.15, 0.2) is 11.6 Å². The minimum absolute atomic E-state index is 0.446. The highest BCUT2D eigenvalue weighted by Gasteiger charge is 2.21. The van der Waals surface area contributed by atoms with Gasteiger partial charge in [0.25, 0.3) is 0 Å². The predicted octanol–water partition coefficient (Wildman–Crippen LogP) is 2.00. The Labute approximate surface area is 106 Å². The molecule has 1 aliphatic rings. The second-order valence-electron chi connectivity index (χ2n) is 4.93. The average Bonchev–Trinajstić information content (AvgIpc) is 2.76. The molecule has 0 amide bonds. The first-order valence-corrected chi connectivity index (χ1v) is 6.39. The van der Waals surface area contributed by atoms with Crippen LogP contribution in [-0.2, 0) is 13.0 Å². The first kappa shape index (κ1) is 11.4. The van der Waals surface area contributed by atoms with E-state index in [1.54, 1.807) is 0 Å². The number of aryl methyl sites for hydroxylation is 2. The molecule has 2 heterocycles. The SMILES string of the molecule is Cc1ccc(Cc2nc3n(n2)CCCC3O)cc1. The summed E-state index contributed by atoms with van der Waals surface area (Å²) in [7, 11) is 0. The molecule has 0 saturated heterocycles. The average molecular weight is 243 g/mol. The van der Waals surface area contributed by atoms with Crippen LogP contribution in [0.15, 0.2) is 24.3 Å². The number of nitrogens with zero attached hydrogens (tertiary/aromatic N) is 3. The topological polar surface area (TPSA) is 50.9 Å². The Kier molecular flexibility index (Phi) is 2.88. The van der Waals surface area contributed by atoms with Crippen LogP contribution in [0.1, 0.15) is 41.7 Å². The molecule has 0 bridgehead atoms. The van der Waals surface area contributed by atoms with E-state index in [0.717, 1.165) is 37.5 Å². The molecule has 0 aliphatic carbocycles. The molecule has 1 aliphatic heterocycles. The zero-order valence-corrected chi connectivity index (χ0v) is 10.5. The maximum absolute atomic E-state index is 9.85. The van der Waals surface area contributed by atoms with Crippen molar-refractivity contribution in [1.82, 2.24) is 14.8 Å². The van der Waals surface area contributed by atoms with Gasteiger partial charge >= 0.3 is 0 Å². The van der Waals surface area contributed by atoms with Gasteiger partial charge in [-0.05, 0) is 25.3 Å². The third-order valence-corrected chi connectivity index (χ3v) is 3.37. The molecular weight excluding hydrogens is 226 g/mol. The first-order valence-electron chi connectivity index (χ1n) is 6.39. The van der Waals surface area contributed by atoms with E-state index in [4.69, 9.17) is 0 Å². The molecule has 1 N–H and O–H groups in total. The fraction of sp³-hybridized carbons (Fsp3) is 0.429. The molecule has 4 heteroatoms. The molecule has 0 spiro atoms. The second-order valence-corrected chi connectivity index (χ2v) is 4.93. The Morgan fingerprint density at radius 1 is 1.33 bits per heavy atom. The third kappa shape index (κ3) is 2.16. The smallest absolute Gasteiger partial charge is 0.156 e. The van der Waals surface area contributed by atoms with Gasteiger partial charge in [0.2, 0.25) is 0 Å². The van der Waals surface area contributed by atoms with Crippen molar-refractivity contribution in [1.29, 1.82) is 0 Å². The van der Waals surface area contributed by atoms with Crippen LogP contribution in [-0.4, -0.2) is 19.9 Å². The number of hydrogen-bond acceptors (Lipinski definition) is 3. The highest BCUT2D eigenvalue weighted by atomic mass is 16.3. The van der Waals surface area contributed by atoms with Crippen molar-refractivity contribution in [2.45, 2.75) is 38.8 Å². The van der Waals surface area contributed by atoms with Gasteiger partial charge in [0.05, 0.1) is 0 Å². The summed E-state index contributed by atoms with van der Waals surface area (Å²) < 4.78 is 1.84. The van der Waals surface area contributed by atoms with Gasteiger partial charge in [-0.15, -0.1) is 0 Å². The zero-order valence-electron chi connectivity index (χ0n) is 10.5. The van der Waals surface area contributed by atoms with Crippen LogP contribution in [0.4, 0.5) is 0 Å². The van der Waals surface area contributed by atoms with E-state index in [-0.39, 0.29) is 0 Å². The molecule has 0 radical (unpaired) electrons. The lowest BCUT2D eigenvalue weighted by Gasteiger charge is -2.16. The molecule has 3 rings (SSSR count). The number of fused-ring (bicyclic) bond motifs is 1. The Balaban J connectivity index is 1.83. The number of aliphatic hydroxyl groups excluding tert-OH is 1. The highest BCUT2D eigenvalue weighted by Crippen LogP contribution is 2.23. The van der Waals surface area contributed by atoms with Gasteiger partial charge in [-0.1, -0.05) is 29.8 Å². The van der Waals surface area contributed by atoms with E-state index in [0.29, 0.717) is 0 Å². The monoisotopic (exact) mass is 243 g/mol. The van der Waals surface area contributed by atoms with Crippen LogP contribution in [0.2, 0.25) is 0 Å². The highest BCUT2D eigenvalue weighted by molar-refractivity contribution is 5.24. The van der Waals surface area contributed by atoms with Gasteiger partial charge in [0.1, 0.15) is 6.10 Å². The Morgan fingerprint density at radius 3 is 2.83 bits per heavy atom. The van der Waals surface area contributed by atoms with Crippen molar-refractivity contribution in [2.24, 2.45) is 0 Å². The molecule has 1 aromatic heterocycles. The summed E-state index contributed by atoms with van der Waals surface area (Å²) in [5.41, 5.74) is 2.46. The number of aromatic nitrogens is 3. The summed E-state index contributed by atoms with van der Waals surface area (Å²) in [5.74, 6) is 1.53. The molecule has 4 nitrogen and oxygen atoms in total. The zero-order chi connectivity index (χ0) is 12.5. The number of rotatable bonds is 2. The van der Waals surface area contributed by atoms with Crippen LogP contribution in [0.3, 0.4) is 0 Å². The standard InChI is InChI=1S/C14H17N3O/c1-10-4-6-11(7-5-10)9-13-15-14-12(18)3-2-8-17(14)16-13/h4-7,12,18H,2-3,8-9H2,1H3. The maximum atomic E-state index is 9.85. The summed E-state index contributed by atoms with van der Waals surface area (Å²) in [6, 6.07) is 8.40. The fourth-order valence-electron chi connectivity index (χ4n) is 2.34. The normalized spacial score (nSPS) is 18.7. The van der Waals surface area contributed by atoms with Gasteiger partial charge in [-0.25, -0.2) is 9.67 Å². The van der Waals surface area contributed by atoms with E-state index in [2.05, 4.69) is 41.3 Å². The van der Waals surface area contributed by atoms with Crippen molar-refractivity contribution in [3.63, 3.8) is 0 Å². The number of benzene rings is 1. The summed E-state index contributed by atoms with van der Waals surface area (Å²) in [5, 5.41) is 14.3. The number of aliphatic hydroxyl groups is 1. The Morgan fingerprint density at radius 2 is 2.11 bits per heavy atom. The maximum Gasteiger partial charge on any atom is 0.156 e. The van der Waals surface area contributed by atoms with Crippen LogP contribution in [0.25, 0.3) is 0 Å². The molecule has 0 saturated carbocycles. The predicted molar refractivity (Wildman–Crippen MR) is 68.2 cm³/mol. The molecule has 2 aromatic rings. The summed E-state index contributed by atoms with van der Waals surface area (Å²) in [6.45, 7) is 2.95. The minimum Gasteiger partial charge on any atom is -0.385 e. The van der Waals surface area contributed by atoms with Crippen molar-refractivity contribution >= 4 is 0 Å². The lowest BCUT2D eigenvalue weighted by molar-refractivity contribution is 0.130. The van der Waals surface area contributed by atoms with E-state index in [1.165, 1.54) is 11.1 Å². The molecule has 0 fully saturated rings. The fourth-order valence-corrected chi connectivity index (χ4v) is 2.34. The molecule has 1 unspecified atom stereocenters. The molecular formula is C14H17N3O. The van der Waals surface area contributed by atoms with Crippen LogP contribution < -0.4 is 0 Å². The largest absolute Gasteiger partial charge is 0.385 e. The lowest BCUT2D eigenvalue weighted by atomic mass is 10.1. The third-order valence-electron chi connectivity index (χ3n) is 3.37. The van der Waals surface area contributed by atoms with Crippen molar-refractivity contribution < 1.29 is 5.11 Å². The second kappa shape index (κ2) is 4.53. The van der Waals surface area contributed by atoms with Crippen LogP contribution in [0, 0.1) is 6.92 Å². The number of hydrogen-bond donors (Lipinski definition) is 1. The van der Waals surface area contributed by atoms with E-state index in [1.807, 2.05) is 4.68 Å². The molecule has 18 heavy (non-hydrogen) atoms. The van der Waals surface area contributed by atoms with E-state index >= 15 is 0 Å². The lowest BCUT2D eigenvalue weighted by Crippen LogP contribution is -2.16. The molecule has 1 atom stereocenters. The van der Waals surface area contributed by atoms with Crippen molar-refractivity contribution in [2.75, 3.05) is 0 Å². The van der Waals surface area contributed by atoms with Gasteiger partial charge in [0, 0.05) is 13.0 Å². The van der Waals surface area contributed by atoms with Gasteiger partial charge in [-0.3, -0.25) is 0 Å². The summed E-state index contributed by atoms with van der Waals surface area (Å²) >= 11 is 0. The first-order chi connectivity index (χ1) is 8.72. The van der Waals surface area contributed by atoms with Crippen molar-refractivity contribution in [3.8, 4) is 0 Å². The molecule has 94 valence electrons. The Bertz CT molecular complexity index is 545. The summed E-state index contributed by atoms with van der Waals surface area (Å²) in [6.07, 6.45) is 2.05. The minimum atomic E-state index is -0.446. The van der Waals surface area contributed by atoms with Crippen LogP contribution >= 0.6 is 0 Å². The Hall–Kier alpha value is -1.68. The summed E-state index contributed by atoms with van der Waals surface area (Å²) in [4.78, 5) is 4.45. The quantitative estimate of drug-likeness (QED) is 0.877. The van der Waals surface area contributed by atoms with Crippen LogP contribution in [0.5, 0.6) is 0 Å². The van der Waals surface area contributed by atoms with Gasteiger partial charge < -0.3 is 5.11 Å². The van der Waals surface area contributed by atoms with Gasteiger partial charge in [-0.2, -0.15) is 5.10 Å².